The Balaban J connectivity index is 1.22. The molecule has 1 aliphatic heterocycles. The summed E-state index contributed by atoms with van der Waals surface area (Å²) in [5.41, 5.74) is 7.12. The standard InChI is InChI=1S/C26H18N2O2/c29-25-20-6-1-2-7-21(20)26(30)22(25)12-16-9-10-18(11-16)28-14-17-13-27-24-8-4-3-5-19(24)23(17)15-28/h1-10,12-13H,11,14-15H2. The Morgan fingerprint density at radius 1 is 0.867 bits per heavy atom. The third-order valence-electron chi connectivity index (χ3n) is 6.20. The minimum absolute atomic E-state index is 0.170. The number of aromatic nitrogens is 1. The first kappa shape index (κ1) is 17.1. The van der Waals surface area contributed by atoms with Crippen LogP contribution in [-0.4, -0.2) is 21.5 Å². The number of hydrogen-bond donors (Lipinski definition) is 0. The molecule has 0 saturated heterocycles. The van der Waals surface area contributed by atoms with E-state index in [2.05, 4.69) is 28.1 Å². The Morgan fingerprint density at radius 3 is 2.40 bits per heavy atom. The number of Topliss-reactive ketones (excluding diaryl/α,β-unsaturated/α-hetero) is 2. The summed E-state index contributed by atoms with van der Waals surface area (Å²) in [5.74, 6) is -0.341. The van der Waals surface area contributed by atoms with Crippen LogP contribution in [0, 0.1) is 0 Å². The molecule has 6 rings (SSSR count). The summed E-state index contributed by atoms with van der Waals surface area (Å²) in [4.78, 5) is 32.3. The molecule has 2 heterocycles. The lowest BCUT2D eigenvalue weighted by Crippen LogP contribution is -2.14. The molecule has 4 nitrogen and oxygen atoms in total. The van der Waals surface area contributed by atoms with Gasteiger partial charge in [0.25, 0.3) is 0 Å². The number of para-hydroxylation sites is 1. The fourth-order valence-corrected chi connectivity index (χ4v) is 4.65. The maximum absolute atomic E-state index is 12.7. The summed E-state index contributed by atoms with van der Waals surface area (Å²) in [7, 11) is 0. The van der Waals surface area contributed by atoms with Crippen LogP contribution in [0.2, 0.25) is 0 Å². The van der Waals surface area contributed by atoms with Gasteiger partial charge in [-0.05, 0) is 34.9 Å². The van der Waals surface area contributed by atoms with Gasteiger partial charge < -0.3 is 4.90 Å². The van der Waals surface area contributed by atoms with E-state index >= 15 is 0 Å². The first-order valence-electron chi connectivity index (χ1n) is 10.1. The molecular weight excluding hydrogens is 372 g/mol. The SMILES string of the molecule is O=C1C(=CC2=CC=C(N3Cc4cnc5ccccc5c4C3)C2)C(=O)c2ccccc21. The van der Waals surface area contributed by atoms with Crippen molar-refractivity contribution in [2.75, 3.05) is 0 Å². The molecular formula is C26H18N2O2. The highest BCUT2D eigenvalue weighted by molar-refractivity contribution is 6.39. The first-order valence-corrected chi connectivity index (χ1v) is 10.1. The largest absolute Gasteiger partial charge is 0.366 e. The van der Waals surface area contributed by atoms with E-state index < -0.39 is 0 Å². The highest BCUT2D eigenvalue weighted by atomic mass is 16.2. The Kier molecular flexibility index (Phi) is 3.62. The number of allylic oxidation sites excluding steroid dienone is 5. The fraction of sp³-hybridized carbons (Fsp3) is 0.115. The molecule has 0 atom stereocenters. The zero-order chi connectivity index (χ0) is 20.2. The Hall–Kier alpha value is -3.79. The van der Waals surface area contributed by atoms with Crippen LogP contribution in [0.1, 0.15) is 38.3 Å². The predicted octanol–water partition coefficient (Wildman–Crippen LogP) is 4.77. The summed E-state index contributed by atoms with van der Waals surface area (Å²) in [6.07, 6.45) is 8.60. The molecule has 2 aliphatic carbocycles. The van der Waals surface area contributed by atoms with Crippen LogP contribution < -0.4 is 0 Å². The van der Waals surface area contributed by atoms with Gasteiger partial charge in [-0.15, -0.1) is 0 Å². The zero-order valence-corrected chi connectivity index (χ0v) is 16.3. The van der Waals surface area contributed by atoms with Crippen molar-refractivity contribution >= 4 is 22.5 Å². The highest BCUT2D eigenvalue weighted by Crippen LogP contribution is 2.35. The molecule has 0 amide bonds. The van der Waals surface area contributed by atoms with Crippen molar-refractivity contribution in [3.05, 3.63) is 112 Å². The van der Waals surface area contributed by atoms with Gasteiger partial charge in [-0.2, -0.15) is 0 Å². The van der Waals surface area contributed by atoms with Crippen molar-refractivity contribution in [2.45, 2.75) is 19.5 Å². The molecule has 144 valence electrons. The van der Waals surface area contributed by atoms with Gasteiger partial charge in [0.1, 0.15) is 0 Å². The number of ketones is 2. The molecule has 1 aromatic heterocycles. The number of fused-ring (bicyclic) bond motifs is 4. The minimum atomic E-state index is -0.170. The van der Waals surface area contributed by atoms with Crippen molar-refractivity contribution < 1.29 is 9.59 Å². The molecule has 3 aromatic rings. The van der Waals surface area contributed by atoms with Crippen LogP contribution in [0.3, 0.4) is 0 Å². The van der Waals surface area contributed by atoms with E-state index in [1.165, 1.54) is 22.2 Å². The van der Waals surface area contributed by atoms with Gasteiger partial charge in [0.05, 0.1) is 11.1 Å². The molecule has 2 aromatic carbocycles. The maximum Gasteiger partial charge on any atom is 0.197 e. The third kappa shape index (κ3) is 2.50. The predicted molar refractivity (Wildman–Crippen MR) is 115 cm³/mol. The van der Waals surface area contributed by atoms with Crippen LogP contribution in [-0.2, 0) is 13.1 Å². The van der Waals surface area contributed by atoms with Crippen molar-refractivity contribution in [1.29, 1.82) is 0 Å². The second-order valence-corrected chi connectivity index (χ2v) is 7.97. The number of pyridine rings is 1. The van der Waals surface area contributed by atoms with Gasteiger partial charge in [-0.1, -0.05) is 48.5 Å². The average molecular weight is 390 g/mol. The lowest BCUT2D eigenvalue weighted by Gasteiger charge is -2.19. The topological polar surface area (TPSA) is 50.3 Å². The number of carbonyl (C=O) groups excluding carboxylic acids is 2. The van der Waals surface area contributed by atoms with Gasteiger partial charge in [0.2, 0.25) is 0 Å². The van der Waals surface area contributed by atoms with Crippen LogP contribution in [0.5, 0.6) is 0 Å². The second-order valence-electron chi connectivity index (χ2n) is 7.97. The molecule has 0 spiro atoms. The van der Waals surface area contributed by atoms with Gasteiger partial charge in [-0.3, -0.25) is 14.6 Å². The monoisotopic (exact) mass is 390 g/mol. The normalized spacial score (nSPS) is 17.3. The Labute approximate surface area is 173 Å². The van der Waals surface area contributed by atoms with E-state index in [4.69, 9.17) is 0 Å². The lowest BCUT2D eigenvalue weighted by atomic mass is 10.1. The van der Waals surface area contributed by atoms with E-state index in [9.17, 15) is 9.59 Å². The van der Waals surface area contributed by atoms with Crippen molar-refractivity contribution in [1.82, 2.24) is 9.88 Å². The molecule has 30 heavy (non-hydrogen) atoms. The number of benzene rings is 2. The van der Waals surface area contributed by atoms with E-state index in [0.29, 0.717) is 11.1 Å². The van der Waals surface area contributed by atoms with Gasteiger partial charge in [0, 0.05) is 47.9 Å². The number of carbonyl (C=O) groups is 2. The zero-order valence-electron chi connectivity index (χ0n) is 16.3. The number of hydrogen-bond acceptors (Lipinski definition) is 4. The average Bonchev–Trinajstić information content (AvgIpc) is 3.48. The van der Waals surface area contributed by atoms with Crippen LogP contribution in [0.4, 0.5) is 0 Å². The molecule has 0 unspecified atom stereocenters. The maximum atomic E-state index is 12.7. The Bertz CT molecular complexity index is 1320. The summed E-state index contributed by atoms with van der Waals surface area (Å²) >= 11 is 0. The number of nitrogens with zero attached hydrogens (tertiary/aromatic N) is 2. The quantitative estimate of drug-likeness (QED) is 0.467. The van der Waals surface area contributed by atoms with E-state index in [1.807, 2.05) is 24.4 Å². The summed E-state index contributed by atoms with van der Waals surface area (Å²) in [5, 5.41) is 1.21. The third-order valence-corrected chi connectivity index (χ3v) is 6.20. The molecule has 0 radical (unpaired) electrons. The second kappa shape index (κ2) is 6.36. The number of rotatable bonds is 2. The fourth-order valence-electron chi connectivity index (χ4n) is 4.65. The first-order chi connectivity index (χ1) is 14.7. The summed E-state index contributed by atoms with van der Waals surface area (Å²) < 4.78 is 0. The van der Waals surface area contributed by atoms with Crippen molar-refractivity contribution in [2.24, 2.45) is 0 Å². The smallest absolute Gasteiger partial charge is 0.197 e. The van der Waals surface area contributed by atoms with E-state index in [-0.39, 0.29) is 17.1 Å². The molecule has 3 aliphatic rings. The van der Waals surface area contributed by atoms with Gasteiger partial charge >= 0.3 is 0 Å². The summed E-state index contributed by atoms with van der Waals surface area (Å²) in [6, 6.07) is 15.3. The Morgan fingerprint density at radius 2 is 1.60 bits per heavy atom. The molecule has 0 N–H and O–H groups in total. The van der Waals surface area contributed by atoms with Crippen LogP contribution >= 0.6 is 0 Å². The van der Waals surface area contributed by atoms with Crippen LogP contribution in [0.15, 0.2) is 89.8 Å². The van der Waals surface area contributed by atoms with Crippen molar-refractivity contribution in [3.63, 3.8) is 0 Å². The van der Waals surface area contributed by atoms with E-state index in [1.54, 1.807) is 30.3 Å². The van der Waals surface area contributed by atoms with Gasteiger partial charge in [-0.25, -0.2) is 0 Å². The van der Waals surface area contributed by atoms with Gasteiger partial charge in [0.15, 0.2) is 11.6 Å². The van der Waals surface area contributed by atoms with Crippen LogP contribution in [0.25, 0.3) is 10.9 Å². The molecule has 0 saturated carbocycles. The summed E-state index contributed by atoms with van der Waals surface area (Å²) in [6.45, 7) is 1.69. The highest BCUT2D eigenvalue weighted by Gasteiger charge is 2.33. The minimum Gasteiger partial charge on any atom is -0.366 e. The molecule has 4 heteroatoms. The van der Waals surface area contributed by atoms with Crippen molar-refractivity contribution in [3.8, 4) is 0 Å². The molecule has 0 bridgehead atoms. The molecule has 0 fully saturated rings. The lowest BCUT2D eigenvalue weighted by molar-refractivity contribution is 0.0988. The van der Waals surface area contributed by atoms with E-state index in [0.717, 1.165) is 30.6 Å².